The molecule has 0 spiro atoms. The van der Waals surface area contributed by atoms with E-state index in [1.165, 1.54) is 0 Å². The van der Waals surface area contributed by atoms with Gasteiger partial charge in [-0.25, -0.2) is 0 Å². The summed E-state index contributed by atoms with van der Waals surface area (Å²) >= 11 is 0. The summed E-state index contributed by atoms with van der Waals surface area (Å²) in [6, 6.07) is 0.427. The van der Waals surface area contributed by atoms with Crippen molar-refractivity contribution in [3.05, 3.63) is 0 Å². The van der Waals surface area contributed by atoms with Gasteiger partial charge < -0.3 is 10.1 Å². The number of ether oxygens (including phenoxy) is 1. The van der Waals surface area contributed by atoms with E-state index in [0.29, 0.717) is 12.0 Å². The Bertz CT molecular complexity index is 203. The van der Waals surface area contributed by atoms with Gasteiger partial charge in [-0.1, -0.05) is 6.92 Å². The van der Waals surface area contributed by atoms with E-state index in [1.807, 2.05) is 13.8 Å². The van der Waals surface area contributed by atoms with Crippen molar-refractivity contribution in [3.8, 4) is 0 Å². The van der Waals surface area contributed by atoms with Crippen LogP contribution in [0.3, 0.4) is 0 Å². The van der Waals surface area contributed by atoms with Gasteiger partial charge in [0, 0.05) is 6.04 Å². The van der Waals surface area contributed by atoms with Gasteiger partial charge in [-0.3, -0.25) is 4.79 Å². The Morgan fingerprint density at radius 2 is 2.07 bits per heavy atom. The van der Waals surface area contributed by atoms with E-state index in [1.54, 1.807) is 0 Å². The molecule has 0 aliphatic carbocycles. The summed E-state index contributed by atoms with van der Waals surface area (Å²) in [5.41, 5.74) is 0. The Hall–Kier alpha value is -0.570. The third-order valence-electron chi connectivity index (χ3n) is 2.74. The fourth-order valence-corrected chi connectivity index (χ4v) is 1.87. The Labute approximate surface area is 86.2 Å². The second-order valence-corrected chi connectivity index (χ2v) is 4.61. The Kier molecular flexibility index (Phi) is 3.93. The second-order valence-electron chi connectivity index (χ2n) is 4.61. The molecule has 1 N–H and O–H groups in total. The normalized spacial score (nSPS) is 33.1. The number of carbonyl (C=O) groups excluding carboxylic acids is 1. The van der Waals surface area contributed by atoms with Gasteiger partial charge in [0.2, 0.25) is 0 Å². The first-order valence-electron chi connectivity index (χ1n) is 5.44. The topological polar surface area (TPSA) is 38.3 Å². The molecule has 1 fully saturated rings. The highest BCUT2D eigenvalue weighted by Crippen LogP contribution is 2.23. The minimum absolute atomic E-state index is 0.000100. The number of hydrogen-bond acceptors (Lipinski definition) is 3. The first-order valence-corrected chi connectivity index (χ1v) is 5.44. The van der Waals surface area contributed by atoms with Crippen molar-refractivity contribution in [2.45, 2.75) is 46.3 Å². The predicted molar refractivity (Wildman–Crippen MR) is 56.0 cm³/mol. The summed E-state index contributed by atoms with van der Waals surface area (Å²) in [6.45, 7) is 8.92. The van der Waals surface area contributed by atoms with Crippen LogP contribution < -0.4 is 5.32 Å². The summed E-state index contributed by atoms with van der Waals surface area (Å²) in [7, 11) is 0. The zero-order valence-electron chi connectivity index (χ0n) is 9.54. The zero-order valence-corrected chi connectivity index (χ0v) is 9.54. The lowest BCUT2D eigenvalue weighted by molar-refractivity contribution is -0.155. The molecule has 3 nitrogen and oxygen atoms in total. The third-order valence-corrected chi connectivity index (χ3v) is 2.74. The van der Waals surface area contributed by atoms with E-state index in [2.05, 4.69) is 19.2 Å². The van der Waals surface area contributed by atoms with Crippen LogP contribution in [0.25, 0.3) is 0 Å². The number of hydrogen-bond donors (Lipinski definition) is 1. The summed E-state index contributed by atoms with van der Waals surface area (Å²) in [6.07, 6.45) is 0.895. The molecular formula is C11H21NO2. The molecular weight excluding hydrogens is 178 g/mol. The van der Waals surface area contributed by atoms with Gasteiger partial charge in [-0.2, -0.15) is 0 Å². The van der Waals surface area contributed by atoms with Crippen LogP contribution in [-0.4, -0.2) is 24.7 Å². The van der Waals surface area contributed by atoms with E-state index >= 15 is 0 Å². The predicted octanol–water partition coefficient (Wildman–Crippen LogP) is 1.57. The molecule has 0 saturated carbocycles. The van der Waals surface area contributed by atoms with Crippen molar-refractivity contribution >= 4 is 5.97 Å². The lowest BCUT2D eigenvalue weighted by Crippen LogP contribution is -2.44. The maximum atomic E-state index is 11.7. The van der Waals surface area contributed by atoms with Crippen LogP contribution in [0.4, 0.5) is 0 Å². The minimum atomic E-state index is -0.0270. The molecule has 14 heavy (non-hydrogen) atoms. The molecule has 0 aromatic heterocycles. The summed E-state index contributed by atoms with van der Waals surface area (Å²) in [5, 5.41) is 3.36. The molecule has 3 atom stereocenters. The average Bonchev–Trinajstić information content (AvgIpc) is 2.08. The number of nitrogens with one attached hydrogen (secondary N) is 1. The van der Waals surface area contributed by atoms with Crippen molar-refractivity contribution in [2.24, 2.45) is 11.8 Å². The molecule has 0 radical (unpaired) electrons. The molecule has 0 bridgehead atoms. The van der Waals surface area contributed by atoms with E-state index in [0.717, 1.165) is 13.0 Å². The molecule has 0 amide bonds. The summed E-state index contributed by atoms with van der Waals surface area (Å²) in [4.78, 5) is 11.7. The first-order chi connectivity index (χ1) is 6.50. The fraction of sp³-hybridized carbons (Fsp3) is 0.909. The molecule has 0 aromatic carbocycles. The van der Waals surface area contributed by atoms with E-state index in [9.17, 15) is 4.79 Å². The van der Waals surface area contributed by atoms with Crippen molar-refractivity contribution < 1.29 is 9.53 Å². The van der Waals surface area contributed by atoms with Crippen LogP contribution in [0.2, 0.25) is 0 Å². The molecule has 3 heteroatoms. The van der Waals surface area contributed by atoms with Gasteiger partial charge in [0.25, 0.3) is 0 Å². The van der Waals surface area contributed by atoms with Crippen LogP contribution in [0.15, 0.2) is 0 Å². The number of piperidine rings is 1. The summed E-state index contributed by atoms with van der Waals surface area (Å²) in [5.74, 6) is 0.437. The minimum Gasteiger partial charge on any atom is -0.463 e. The molecule has 1 aliphatic rings. The van der Waals surface area contributed by atoms with Crippen molar-refractivity contribution in [1.29, 1.82) is 0 Å². The average molecular weight is 199 g/mol. The molecule has 82 valence electrons. The third kappa shape index (κ3) is 2.98. The van der Waals surface area contributed by atoms with Crippen molar-refractivity contribution in [1.82, 2.24) is 5.32 Å². The SMILES string of the molecule is CC1CC(C(=O)OC(C)C)C(C)CN1. The van der Waals surface area contributed by atoms with Crippen LogP contribution in [-0.2, 0) is 9.53 Å². The highest BCUT2D eigenvalue weighted by molar-refractivity contribution is 5.73. The van der Waals surface area contributed by atoms with Gasteiger partial charge in [-0.05, 0) is 39.7 Å². The molecule has 1 saturated heterocycles. The maximum Gasteiger partial charge on any atom is 0.309 e. The molecule has 3 unspecified atom stereocenters. The zero-order chi connectivity index (χ0) is 10.7. The van der Waals surface area contributed by atoms with Gasteiger partial charge in [0.05, 0.1) is 12.0 Å². The monoisotopic (exact) mass is 199 g/mol. The first kappa shape index (κ1) is 11.5. The van der Waals surface area contributed by atoms with E-state index < -0.39 is 0 Å². The Morgan fingerprint density at radius 3 is 2.64 bits per heavy atom. The Balaban J connectivity index is 2.51. The van der Waals surface area contributed by atoms with Gasteiger partial charge in [-0.15, -0.1) is 0 Å². The van der Waals surface area contributed by atoms with E-state index in [-0.39, 0.29) is 18.0 Å². The standard InChI is InChI=1S/C11H21NO2/c1-7(2)14-11(13)10-5-9(4)12-6-8(10)3/h7-10,12H,5-6H2,1-4H3. The maximum absolute atomic E-state index is 11.7. The lowest BCUT2D eigenvalue weighted by Gasteiger charge is -2.32. The highest BCUT2D eigenvalue weighted by Gasteiger charge is 2.32. The molecule has 1 rings (SSSR count). The van der Waals surface area contributed by atoms with E-state index in [4.69, 9.17) is 4.74 Å². The van der Waals surface area contributed by atoms with Gasteiger partial charge in [0.1, 0.15) is 0 Å². The second kappa shape index (κ2) is 4.78. The number of rotatable bonds is 2. The quantitative estimate of drug-likeness (QED) is 0.686. The fourth-order valence-electron chi connectivity index (χ4n) is 1.87. The number of carbonyl (C=O) groups is 1. The molecule has 0 aromatic rings. The number of esters is 1. The van der Waals surface area contributed by atoms with Gasteiger partial charge in [0.15, 0.2) is 0 Å². The summed E-state index contributed by atoms with van der Waals surface area (Å²) < 4.78 is 5.24. The van der Waals surface area contributed by atoms with Crippen molar-refractivity contribution in [2.75, 3.05) is 6.54 Å². The van der Waals surface area contributed by atoms with Gasteiger partial charge >= 0.3 is 5.97 Å². The Morgan fingerprint density at radius 1 is 1.43 bits per heavy atom. The molecule has 1 aliphatic heterocycles. The van der Waals surface area contributed by atoms with Crippen LogP contribution in [0.5, 0.6) is 0 Å². The van der Waals surface area contributed by atoms with Crippen LogP contribution in [0, 0.1) is 11.8 Å². The smallest absolute Gasteiger partial charge is 0.309 e. The highest BCUT2D eigenvalue weighted by atomic mass is 16.5. The van der Waals surface area contributed by atoms with Crippen LogP contribution in [0.1, 0.15) is 34.1 Å². The molecule has 1 heterocycles. The van der Waals surface area contributed by atoms with Crippen molar-refractivity contribution in [3.63, 3.8) is 0 Å². The lowest BCUT2D eigenvalue weighted by atomic mass is 9.85. The van der Waals surface area contributed by atoms with Crippen LogP contribution >= 0.6 is 0 Å². The largest absolute Gasteiger partial charge is 0.463 e.